The first-order chi connectivity index (χ1) is 15.5. The Morgan fingerprint density at radius 2 is 1.67 bits per heavy atom. The van der Waals surface area contributed by atoms with Crippen molar-refractivity contribution in [3.05, 3.63) is 0 Å². The van der Waals surface area contributed by atoms with Gasteiger partial charge >= 0.3 is 11.9 Å². The minimum atomic E-state index is -0.253. The summed E-state index contributed by atoms with van der Waals surface area (Å²) in [5.74, 6) is 3.05. The number of ether oxygens (including phenoxy) is 2. The number of rotatable bonds is 5. The lowest BCUT2D eigenvalue weighted by Crippen LogP contribution is -2.62. The second-order valence-corrected chi connectivity index (χ2v) is 12.9. The van der Waals surface area contributed by atoms with Gasteiger partial charge in [0, 0.05) is 31.6 Å². The highest BCUT2D eigenvalue weighted by Crippen LogP contribution is 2.69. The highest BCUT2D eigenvalue weighted by molar-refractivity contribution is 6.21. The van der Waals surface area contributed by atoms with Gasteiger partial charge < -0.3 is 9.47 Å². The van der Waals surface area contributed by atoms with Crippen LogP contribution in [-0.2, 0) is 19.1 Å². The second kappa shape index (κ2) is 9.36. The molecule has 0 bridgehead atoms. The first-order valence-electron chi connectivity index (χ1n) is 13.5. The summed E-state index contributed by atoms with van der Waals surface area (Å²) >= 11 is 7.20. The molecule has 0 aromatic rings. The maximum absolute atomic E-state index is 12.2. The molecule has 2 unspecified atom stereocenters. The molecule has 188 valence electrons. The molecule has 33 heavy (non-hydrogen) atoms. The van der Waals surface area contributed by atoms with E-state index < -0.39 is 0 Å². The van der Waals surface area contributed by atoms with Crippen LogP contribution in [0.2, 0.25) is 0 Å². The van der Waals surface area contributed by atoms with Gasteiger partial charge in [0.25, 0.3) is 0 Å². The highest BCUT2D eigenvalue weighted by Gasteiger charge is 2.65. The molecule has 4 fully saturated rings. The summed E-state index contributed by atoms with van der Waals surface area (Å²) in [6, 6.07) is 0. The lowest BCUT2D eigenvalue weighted by molar-refractivity contribution is -0.195. The van der Waals surface area contributed by atoms with Gasteiger partial charge in [-0.15, -0.1) is 11.6 Å². The quantitative estimate of drug-likeness (QED) is 0.321. The monoisotopic (exact) mass is 480 g/mol. The summed E-state index contributed by atoms with van der Waals surface area (Å²) in [7, 11) is 0. The van der Waals surface area contributed by atoms with Crippen LogP contribution in [0.4, 0.5) is 0 Å². The number of alkyl halides is 1. The van der Waals surface area contributed by atoms with Crippen LogP contribution in [0.5, 0.6) is 0 Å². The Kier molecular flexibility index (Phi) is 7.18. The molecule has 0 N–H and O–H groups in total. The number of fused-ring (bicyclic) bond motifs is 5. The molecule has 0 aromatic carbocycles. The predicted octanol–water partition coefficient (Wildman–Crippen LogP) is 6.77. The Morgan fingerprint density at radius 3 is 2.30 bits per heavy atom. The molecule has 4 rings (SSSR count). The van der Waals surface area contributed by atoms with Gasteiger partial charge in [0.15, 0.2) is 0 Å². The molecular weight excluding hydrogens is 436 g/mol. The zero-order valence-electron chi connectivity index (χ0n) is 21.6. The van der Waals surface area contributed by atoms with Crippen LogP contribution < -0.4 is 0 Å². The summed E-state index contributed by atoms with van der Waals surface area (Å²) in [5, 5.41) is -0.0768. The Labute approximate surface area is 205 Å². The van der Waals surface area contributed by atoms with Crippen molar-refractivity contribution in [2.24, 2.45) is 46.3 Å². The first-order valence-corrected chi connectivity index (χ1v) is 13.9. The molecule has 5 heteroatoms. The molecule has 0 aromatic heterocycles. The van der Waals surface area contributed by atoms with Crippen molar-refractivity contribution in [1.82, 2.24) is 0 Å². The third-order valence-corrected chi connectivity index (χ3v) is 11.5. The normalized spacial score (nSPS) is 47.6. The summed E-state index contributed by atoms with van der Waals surface area (Å²) < 4.78 is 11.7. The molecule has 0 radical (unpaired) electrons. The zero-order valence-corrected chi connectivity index (χ0v) is 22.3. The Bertz CT molecular complexity index is 754. The Morgan fingerprint density at radius 1 is 0.970 bits per heavy atom. The van der Waals surface area contributed by atoms with Crippen LogP contribution in [0.25, 0.3) is 0 Å². The van der Waals surface area contributed by atoms with Gasteiger partial charge in [-0.3, -0.25) is 9.59 Å². The molecule has 0 amide bonds. The topological polar surface area (TPSA) is 52.6 Å². The predicted molar refractivity (Wildman–Crippen MR) is 131 cm³/mol. The molecular formula is C28H45ClO4. The van der Waals surface area contributed by atoms with Crippen LogP contribution in [0.3, 0.4) is 0 Å². The number of carbonyl (C=O) groups excluding carboxylic acids is 2. The van der Waals surface area contributed by atoms with Gasteiger partial charge in [-0.05, 0) is 78.9 Å². The number of hydrogen-bond acceptors (Lipinski definition) is 4. The van der Waals surface area contributed by atoms with Crippen LogP contribution in [0, 0.1) is 46.3 Å². The smallest absolute Gasteiger partial charge is 0.302 e. The van der Waals surface area contributed by atoms with E-state index in [2.05, 4.69) is 27.7 Å². The molecule has 0 heterocycles. The van der Waals surface area contributed by atoms with E-state index in [0.717, 1.165) is 24.7 Å². The van der Waals surface area contributed by atoms with E-state index in [1.54, 1.807) is 0 Å². The van der Waals surface area contributed by atoms with Crippen LogP contribution in [0.1, 0.15) is 99.3 Å². The van der Waals surface area contributed by atoms with E-state index in [0.29, 0.717) is 29.6 Å². The van der Waals surface area contributed by atoms with E-state index in [1.807, 2.05) is 0 Å². The minimum absolute atomic E-state index is 0.0768. The highest BCUT2D eigenvalue weighted by atomic mass is 35.5. The second-order valence-electron chi connectivity index (χ2n) is 12.4. The SMILES string of the molecule is CCC[C@@H](C)[C@H]1CC[C@H]2[C@@H]3C[C@H](OC(C)=O)C4C[C@H](OC(C)=O)CC(Cl)[C@]4(C)[C@H]3CC[C@]12C. The van der Waals surface area contributed by atoms with Crippen molar-refractivity contribution < 1.29 is 19.1 Å². The molecule has 0 saturated heterocycles. The van der Waals surface area contributed by atoms with Crippen molar-refractivity contribution in [1.29, 1.82) is 0 Å². The molecule has 0 spiro atoms. The van der Waals surface area contributed by atoms with Gasteiger partial charge in [-0.2, -0.15) is 0 Å². The van der Waals surface area contributed by atoms with Gasteiger partial charge in [-0.25, -0.2) is 0 Å². The van der Waals surface area contributed by atoms with Gasteiger partial charge in [0.1, 0.15) is 12.2 Å². The maximum Gasteiger partial charge on any atom is 0.302 e. The van der Waals surface area contributed by atoms with Gasteiger partial charge in [-0.1, -0.05) is 40.5 Å². The zero-order chi connectivity index (χ0) is 24.1. The number of hydrogen-bond donors (Lipinski definition) is 0. The summed E-state index contributed by atoms with van der Waals surface area (Å²) in [5.41, 5.74) is 0.284. The Hall–Kier alpha value is -0.770. The summed E-state index contributed by atoms with van der Waals surface area (Å²) in [4.78, 5) is 23.8. The standard InChI is InChI=1S/C28H45ClO4/c1-7-8-16(2)21-9-10-22-20-15-25(33-18(4)31)24-13-19(32-17(3)30)14-26(29)28(24,6)23(20)11-12-27(21,22)5/h16,19-26H,7-15H2,1-6H3/t16-,19+,20+,21-,22+,23+,24?,25+,26?,27-,28-/m1/s1. The van der Waals surface area contributed by atoms with Crippen LogP contribution in [0.15, 0.2) is 0 Å². The fraction of sp³-hybridized carbons (Fsp3) is 0.929. The average Bonchev–Trinajstić information content (AvgIpc) is 3.07. The third kappa shape index (κ3) is 4.25. The fourth-order valence-electron chi connectivity index (χ4n) is 9.54. The number of carbonyl (C=O) groups is 2. The average molecular weight is 481 g/mol. The van der Waals surface area contributed by atoms with E-state index in [1.165, 1.54) is 52.4 Å². The lowest BCUT2D eigenvalue weighted by atomic mass is 9.43. The van der Waals surface area contributed by atoms with E-state index >= 15 is 0 Å². The van der Waals surface area contributed by atoms with Crippen molar-refractivity contribution >= 4 is 23.5 Å². The number of halogens is 1. The van der Waals surface area contributed by atoms with E-state index in [9.17, 15) is 9.59 Å². The van der Waals surface area contributed by atoms with Crippen LogP contribution in [-0.4, -0.2) is 29.5 Å². The van der Waals surface area contributed by atoms with Crippen molar-refractivity contribution in [3.63, 3.8) is 0 Å². The van der Waals surface area contributed by atoms with Crippen molar-refractivity contribution in [3.8, 4) is 0 Å². The largest absolute Gasteiger partial charge is 0.462 e. The molecule has 4 aliphatic carbocycles. The van der Waals surface area contributed by atoms with Gasteiger partial charge in [0.2, 0.25) is 0 Å². The van der Waals surface area contributed by atoms with E-state index in [4.69, 9.17) is 21.1 Å². The fourth-order valence-corrected chi connectivity index (χ4v) is 10.1. The summed E-state index contributed by atoms with van der Waals surface area (Å²) in [6.45, 7) is 12.7. The van der Waals surface area contributed by atoms with Crippen molar-refractivity contribution in [2.75, 3.05) is 0 Å². The molecule has 4 nitrogen and oxygen atoms in total. The number of esters is 2. The lowest BCUT2D eigenvalue weighted by Gasteiger charge is -2.64. The third-order valence-electron chi connectivity index (χ3n) is 10.8. The summed E-state index contributed by atoms with van der Waals surface area (Å²) in [6.07, 6.45) is 9.78. The molecule has 4 saturated carbocycles. The van der Waals surface area contributed by atoms with Crippen LogP contribution >= 0.6 is 11.6 Å². The minimum Gasteiger partial charge on any atom is -0.462 e. The Balaban J connectivity index is 1.65. The molecule has 11 atom stereocenters. The molecule has 0 aliphatic heterocycles. The van der Waals surface area contributed by atoms with Gasteiger partial charge in [0.05, 0.1) is 0 Å². The first kappa shape index (κ1) is 25.3. The molecule has 4 aliphatic rings. The van der Waals surface area contributed by atoms with E-state index in [-0.39, 0.29) is 40.9 Å². The van der Waals surface area contributed by atoms with Crippen molar-refractivity contribution in [2.45, 2.75) is 117 Å². The maximum atomic E-state index is 12.2.